The third-order valence-electron chi connectivity index (χ3n) is 4.36. The molecule has 7 nitrogen and oxygen atoms in total. The summed E-state index contributed by atoms with van der Waals surface area (Å²) in [4.78, 5) is 20.7. The number of rotatable bonds is 8. The summed E-state index contributed by atoms with van der Waals surface area (Å²) in [5, 5.41) is 2.87. The van der Waals surface area contributed by atoms with Gasteiger partial charge in [0, 0.05) is 36.8 Å². The van der Waals surface area contributed by atoms with Crippen LogP contribution in [-0.4, -0.2) is 37.2 Å². The van der Waals surface area contributed by atoms with Gasteiger partial charge >= 0.3 is 0 Å². The van der Waals surface area contributed by atoms with E-state index >= 15 is 0 Å². The number of nitrogens with one attached hydrogen (secondary N) is 1. The SMILES string of the molecule is COc1cc(/C=C/C(=O)NCc2ccnc(-c3cccnc3)c2)cc(OC)c1OC. The lowest BCUT2D eigenvalue weighted by Gasteiger charge is -2.12. The molecule has 1 amide bonds. The quantitative estimate of drug-likeness (QED) is 0.578. The zero-order valence-electron chi connectivity index (χ0n) is 17.1. The molecule has 1 N–H and O–H groups in total. The normalized spacial score (nSPS) is 10.6. The lowest BCUT2D eigenvalue weighted by molar-refractivity contribution is -0.116. The highest BCUT2D eigenvalue weighted by Gasteiger charge is 2.12. The molecule has 0 aliphatic carbocycles. The summed E-state index contributed by atoms with van der Waals surface area (Å²) in [7, 11) is 4.64. The predicted molar refractivity (Wildman–Crippen MR) is 114 cm³/mol. The lowest BCUT2D eigenvalue weighted by atomic mass is 10.1. The van der Waals surface area contributed by atoms with E-state index in [4.69, 9.17) is 14.2 Å². The number of amides is 1. The van der Waals surface area contributed by atoms with Gasteiger partial charge in [-0.05, 0) is 53.6 Å². The first-order chi connectivity index (χ1) is 14.6. The molecular formula is C23H23N3O4. The third-order valence-corrected chi connectivity index (χ3v) is 4.36. The van der Waals surface area contributed by atoms with Crippen LogP contribution in [-0.2, 0) is 11.3 Å². The van der Waals surface area contributed by atoms with Gasteiger partial charge in [-0.25, -0.2) is 0 Å². The summed E-state index contributed by atoms with van der Waals surface area (Å²) in [5.41, 5.74) is 3.43. The molecule has 2 aromatic heterocycles. The minimum atomic E-state index is -0.219. The lowest BCUT2D eigenvalue weighted by Crippen LogP contribution is -2.20. The number of aromatic nitrogens is 2. The van der Waals surface area contributed by atoms with Crippen LogP contribution in [0.3, 0.4) is 0 Å². The van der Waals surface area contributed by atoms with Crippen molar-refractivity contribution in [3.8, 4) is 28.5 Å². The van der Waals surface area contributed by atoms with E-state index in [1.54, 1.807) is 58.1 Å². The van der Waals surface area contributed by atoms with Crippen molar-refractivity contribution in [1.29, 1.82) is 0 Å². The summed E-state index contributed by atoms with van der Waals surface area (Å²) in [5.74, 6) is 1.33. The minimum Gasteiger partial charge on any atom is -0.493 e. The van der Waals surface area contributed by atoms with Gasteiger partial charge in [0.25, 0.3) is 0 Å². The van der Waals surface area contributed by atoms with Crippen LogP contribution in [0.25, 0.3) is 17.3 Å². The predicted octanol–water partition coefficient (Wildman–Crippen LogP) is 3.50. The Morgan fingerprint density at radius 1 is 1.03 bits per heavy atom. The van der Waals surface area contributed by atoms with Crippen LogP contribution >= 0.6 is 0 Å². The molecule has 0 saturated carbocycles. The fourth-order valence-corrected chi connectivity index (χ4v) is 2.87. The summed E-state index contributed by atoms with van der Waals surface area (Å²) in [6, 6.07) is 11.1. The van der Waals surface area contributed by atoms with E-state index in [1.807, 2.05) is 24.3 Å². The maximum atomic E-state index is 12.3. The van der Waals surface area contributed by atoms with Gasteiger partial charge in [0.1, 0.15) is 0 Å². The van der Waals surface area contributed by atoms with Crippen molar-refractivity contribution in [3.63, 3.8) is 0 Å². The molecule has 154 valence electrons. The highest BCUT2D eigenvalue weighted by molar-refractivity contribution is 5.91. The summed E-state index contributed by atoms with van der Waals surface area (Å²) < 4.78 is 16.0. The molecule has 0 unspecified atom stereocenters. The summed E-state index contributed by atoms with van der Waals surface area (Å²) in [6.45, 7) is 0.383. The first-order valence-corrected chi connectivity index (χ1v) is 9.26. The zero-order chi connectivity index (χ0) is 21.3. The molecule has 0 bridgehead atoms. The van der Waals surface area contributed by atoms with Crippen LogP contribution in [0.1, 0.15) is 11.1 Å². The van der Waals surface area contributed by atoms with E-state index < -0.39 is 0 Å². The number of benzene rings is 1. The van der Waals surface area contributed by atoms with E-state index in [-0.39, 0.29) is 5.91 Å². The molecule has 3 aromatic rings. The minimum absolute atomic E-state index is 0.219. The Bertz CT molecular complexity index is 1010. The Labute approximate surface area is 175 Å². The average Bonchev–Trinajstić information content (AvgIpc) is 2.81. The van der Waals surface area contributed by atoms with Crippen LogP contribution in [0, 0.1) is 0 Å². The van der Waals surface area contributed by atoms with Gasteiger partial charge in [0.2, 0.25) is 11.7 Å². The Balaban J connectivity index is 1.66. The van der Waals surface area contributed by atoms with Gasteiger partial charge in [0.15, 0.2) is 11.5 Å². The van der Waals surface area contributed by atoms with Crippen LogP contribution in [0.5, 0.6) is 17.2 Å². The second kappa shape index (κ2) is 10.1. The van der Waals surface area contributed by atoms with Crippen molar-refractivity contribution in [2.24, 2.45) is 0 Å². The third kappa shape index (κ3) is 5.14. The maximum absolute atomic E-state index is 12.3. The van der Waals surface area contributed by atoms with E-state index in [0.717, 1.165) is 22.4 Å². The van der Waals surface area contributed by atoms with Gasteiger partial charge < -0.3 is 19.5 Å². The molecule has 3 rings (SSSR count). The van der Waals surface area contributed by atoms with Crippen LogP contribution in [0.4, 0.5) is 0 Å². The summed E-state index contributed by atoms with van der Waals surface area (Å²) >= 11 is 0. The second-order valence-corrected chi connectivity index (χ2v) is 6.30. The van der Waals surface area contributed by atoms with Crippen molar-refractivity contribution in [3.05, 3.63) is 72.2 Å². The molecule has 0 aliphatic heterocycles. The maximum Gasteiger partial charge on any atom is 0.244 e. The summed E-state index contributed by atoms with van der Waals surface area (Å²) in [6.07, 6.45) is 8.34. The Hall–Kier alpha value is -3.87. The van der Waals surface area contributed by atoms with Crippen LogP contribution < -0.4 is 19.5 Å². The van der Waals surface area contributed by atoms with Crippen molar-refractivity contribution in [2.75, 3.05) is 21.3 Å². The highest BCUT2D eigenvalue weighted by Crippen LogP contribution is 2.38. The molecular weight excluding hydrogens is 382 g/mol. The number of nitrogens with zero attached hydrogens (tertiary/aromatic N) is 2. The van der Waals surface area contributed by atoms with Gasteiger partial charge in [-0.15, -0.1) is 0 Å². The number of hydrogen-bond acceptors (Lipinski definition) is 6. The first-order valence-electron chi connectivity index (χ1n) is 9.26. The standard InChI is InChI=1S/C23H23N3O4/c1-28-20-12-16(13-21(29-2)23(20)30-3)6-7-22(27)26-14-17-8-10-25-19(11-17)18-5-4-9-24-15-18/h4-13,15H,14H2,1-3H3,(H,26,27)/b7-6+. The fourth-order valence-electron chi connectivity index (χ4n) is 2.87. The Morgan fingerprint density at radius 2 is 1.80 bits per heavy atom. The molecule has 1 aromatic carbocycles. The van der Waals surface area contributed by atoms with Gasteiger partial charge in [0.05, 0.1) is 27.0 Å². The van der Waals surface area contributed by atoms with Gasteiger partial charge in [-0.1, -0.05) is 0 Å². The molecule has 0 spiro atoms. The molecule has 30 heavy (non-hydrogen) atoms. The Morgan fingerprint density at radius 3 is 2.43 bits per heavy atom. The second-order valence-electron chi connectivity index (χ2n) is 6.30. The molecule has 0 aliphatic rings. The number of hydrogen-bond donors (Lipinski definition) is 1. The highest BCUT2D eigenvalue weighted by atomic mass is 16.5. The number of pyridine rings is 2. The monoisotopic (exact) mass is 405 g/mol. The first kappa shape index (κ1) is 20.9. The van der Waals surface area contributed by atoms with Crippen molar-refractivity contribution in [2.45, 2.75) is 6.54 Å². The average molecular weight is 405 g/mol. The molecule has 0 fully saturated rings. The van der Waals surface area contributed by atoms with Crippen molar-refractivity contribution in [1.82, 2.24) is 15.3 Å². The van der Waals surface area contributed by atoms with Crippen LogP contribution in [0.15, 0.2) is 61.1 Å². The number of carbonyl (C=O) groups excluding carboxylic acids is 1. The zero-order valence-corrected chi connectivity index (χ0v) is 17.1. The molecule has 7 heteroatoms. The topological polar surface area (TPSA) is 82.6 Å². The molecule has 2 heterocycles. The van der Waals surface area contributed by atoms with E-state index in [9.17, 15) is 4.79 Å². The molecule has 0 radical (unpaired) electrons. The van der Waals surface area contributed by atoms with E-state index in [0.29, 0.717) is 23.8 Å². The van der Waals surface area contributed by atoms with Crippen LogP contribution in [0.2, 0.25) is 0 Å². The van der Waals surface area contributed by atoms with E-state index in [2.05, 4.69) is 15.3 Å². The Kier molecular flexibility index (Phi) is 7.00. The van der Waals surface area contributed by atoms with Gasteiger partial charge in [-0.3, -0.25) is 14.8 Å². The largest absolute Gasteiger partial charge is 0.493 e. The smallest absolute Gasteiger partial charge is 0.244 e. The molecule has 0 atom stereocenters. The van der Waals surface area contributed by atoms with Gasteiger partial charge in [-0.2, -0.15) is 0 Å². The fraction of sp³-hybridized carbons (Fsp3) is 0.174. The van der Waals surface area contributed by atoms with Crippen molar-refractivity contribution >= 4 is 12.0 Å². The number of methoxy groups -OCH3 is 3. The van der Waals surface area contributed by atoms with Crippen molar-refractivity contribution < 1.29 is 19.0 Å². The number of carbonyl (C=O) groups is 1. The molecule has 0 saturated heterocycles. The van der Waals surface area contributed by atoms with E-state index in [1.165, 1.54) is 6.08 Å². The number of ether oxygens (including phenoxy) is 3.